The van der Waals surface area contributed by atoms with Crippen molar-refractivity contribution in [3.8, 4) is 0 Å². The zero-order chi connectivity index (χ0) is 22.4. The third-order valence-electron chi connectivity index (χ3n) is 5.43. The Bertz CT molecular complexity index is 917. The number of guanidine groups is 1. The van der Waals surface area contributed by atoms with E-state index in [2.05, 4.69) is 25.9 Å². The fourth-order valence-electron chi connectivity index (χ4n) is 3.92. The van der Waals surface area contributed by atoms with Crippen LogP contribution in [0.3, 0.4) is 0 Å². The number of aromatic amines is 1. The predicted octanol–water partition coefficient (Wildman–Crippen LogP) is 4.98. The summed E-state index contributed by atoms with van der Waals surface area (Å²) in [5.74, 6) is 0.807. The maximum absolute atomic E-state index is 12.0. The molecule has 0 atom stereocenters. The molecule has 1 amide bonds. The van der Waals surface area contributed by atoms with E-state index in [0.717, 1.165) is 60.5 Å². The smallest absolute Gasteiger partial charge is 0.407 e. The van der Waals surface area contributed by atoms with Crippen LogP contribution in [0.1, 0.15) is 52.0 Å². The largest absolute Gasteiger partial charge is 0.444 e. The van der Waals surface area contributed by atoms with Crippen LogP contribution in [0.15, 0.2) is 29.4 Å². The van der Waals surface area contributed by atoms with E-state index in [-0.39, 0.29) is 36.1 Å². The zero-order valence-corrected chi connectivity index (χ0v) is 22.3. The number of halogens is 2. The van der Waals surface area contributed by atoms with Gasteiger partial charge in [-0.25, -0.2) is 4.79 Å². The number of hydrogen-bond donors (Lipinski definition) is 4. The van der Waals surface area contributed by atoms with Gasteiger partial charge in [-0.05, 0) is 76.6 Å². The Balaban J connectivity index is 0.00000363. The van der Waals surface area contributed by atoms with Gasteiger partial charge in [-0.3, -0.25) is 4.99 Å². The molecule has 1 fully saturated rings. The standard InChI is InChI=1S/C23H34ClN5O2.HI/c1-23(2,3)31-22(30)29-18-8-6-17(7-9-18)28-21(25-4)26-12-11-15-14-27-20-10-5-16(24)13-19(15)20;/h5,10,13-14,17-18,27H,6-9,11-12H2,1-4H3,(H,29,30)(H2,25,26,28);1H. The van der Waals surface area contributed by atoms with Gasteiger partial charge in [0.25, 0.3) is 0 Å². The van der Waals surface area contributed by atoms with Crippen molar-refractivity contribution in [2.24, 2.45) is 4.99 Å². The van der Waals surface area contributed by atoms with Crippen molar-refractivity contribution in [1.82, 2.24) is 20.9 Å². The van der Waals surface area contributed by atoms with Crippen LogP contribution >= 0.6 is 35.6 Å². The molecule has 1 heterocycles. The first kappa shape index (κ1) is 26.6. The van der Waals surface area contributed by atoms with Gasteiger partial charge < -0.3 is 25.7 Å². The number of aliphatic imine (C=N–C) groups is 1. The van der Waals surface area contributed by atoms with Crippen LogP contribution in [0.4, 0.5) is 4.79 Å². The van der Waals surface area contributed by atoms with Crippen molar-refractivity contribution in [1.29, 1.82) is 0 Å². The van der Waals surface area contributed by atoms with E-state index in [1.807, 2.05) is 45.2 Å². The lowest BCUT2D eigenvalue weighted by molar-refractivity contribution is 0.0490. The van der Waals surface area contributed by atoms with Crippen LogP contribution < -0.4 is 16.0 Å². The molecule has 0 aliphatic heterocycles. The van der Waals surface area contributed by atoms with E-state index in [0.29, 0.717) is 6.04 Å². The molecule has 1 aliphatic carbocycles. The molecule has 9 heteroatoms. The second-order valence-electron chi connectivity index (χ2n) is 9.09. The average molecular weight is 576 g/mol. The minimum Gasteiger partial charge on any atom is -0.444 e. The minimum absolute atomic E-state index is 0. The Hall–Kier alpha value is -1.68. The number of nitrogens with one attached hydrogen (secondary N) is 4. The van der Waals surface area contributed by atoms with E-state index in [9.17, 15) is 4.79 Å². The van der Waals surface area contributed by atoms with Crippen LogP contribution in [0, 0.1) is 0 Å². The third-order valence-corrected chi connectivity index (χ3v) is 5.66. The SMILES string of the molecule is CN=C(NCCc1c[nH]c2ccc(Cl)cc12)NC1CCC(NC(=O)OC(C)(C)C)CC1.I. The van der Waals surface area contributed by atoms with E-state index in [4.69, 9.17) is 16.3 Å². The van der Waals surface area contributed by atoms with E-state index < -0.39 is 5.60 Å². The maximum Gasteiger partial charge on any atom is 0.407 e. The Morgan fingerprint density at radius 3 is 2.47 bits per heavy atom. The van der Waals surface area contributed by atoms with Gasteiger partial charge in [-0.2, -0.15) is 0 Å². The monoisotopic (exact) mass is 575 g/mol. The number of nitrogens with zero attached hydrogens (tertiary/aromatic N) is 1. The zero-order valence-electron chi connectivity index (χ0n) is 19.3. The summed E-state index contributed by atoms with van der Waals surface area (Å²) in [4.78, 5) is 19.6. The van der Waals surface area contributed by atoms with Gasteiger partial charge in [-0.15, -0.1) is 24.0 Å². The summed E-state index contributed by atoms with van der Waals surface area (Å²) in [6.07, 6.45) is 6.36. The van der Waals surface area contributed by atoms with E-state index in [1.54, 1.807) is 7.05 Å². The molecular formula is C23H35ClIN5O2. The number of carbonyl (C=O) groups is 1. The first-order chi connectivity index (χ1) is 14.7. The molecular weight excluding hydrogens is 541 g/mol. The summed E-state index contributed by atoms with van der Waals surface area (Å²) in [5.41, 5.74) is 1.85. The first-order valence-electron chi connectivity index (χ1n) is 11.0. The van der Waals surface area contributed by atoms with Gasteiger partial charge in [0.05, 0.1) is 0 Å². The number of benzene rings is 1. The van der Waals surface area contributed by atoms with Crippen molar-refractivity contribution in [3.63, 3.8) is 0 Å². The average Bonchev–Trinajstić information content (AvgIpc) is 3.09. The summed E-state index contributed by atoms with van der Waals surface area (Å²) in [6.45, 7) is 6.40. The quantitative estimate of drug-likeness (QED) is 0.230. The second-order valence-corrected chi connectivity index (χ2v) is 9.53. The van der Waals surface area contributed by atoms with Gasteiger partial charge in [-0.1, -0.05) is 11.6 Å². The lowest BCUT2D eigenvalue weighted by Crippen LogP contribution is -2.48. The van der Waals surface area contributed by atoms with Crippen LogP contribution in [0.2, 0.25) is 5.02 Å². The molecule has 4 N–H and O–H groups in total. The molecule has 7 nitrogen and oxygen atoms in total. The molecule has 3 rings (SSSR count). The van der Waals surface area contributed by atoms with Crippen LogP contribution in [-0.2, 0) is 11.2 Å². The first-order valence-corrected chi connectivity index (χ1v) is 11.3. The minimum atomic E-state index is -0.472. The second kappa shape index (κ2) is 12.0. The Kier molecular flexibility index (Phi) is 9.94. The van der Waals surface area contributed by atoms with Crippen LogP contribution in [0.5, 0.6) is 0 Å². The number of H-pyrrole nitrogens is 1. The molecule has 1 aliphatic rings. The molecule has 2 aromatic rings. The van der Waals surface area contributed by atoms with E-state index >= 15 is 0 Å². The summed E-state index contributed by atoms with van der Waals surface area (Å²) in [5, 5.41) is 11.8. The lowest BCUT2D eigenvalue weighted by Gasteiger charge is -2.31. The van der Waals surface area contributed by atoms with Gasteiger partial charge in [0, 0.05) is 47.8 Å². The summed E-state index contributed by atoms with van der Waals surface area (Å²) >= 11 is 6.14. The number of aromatic nitrogens is 1. The lowest BCUT2D eigenvalue weighted by atomic mass is 9.91. The van der Waals surface area contributed by atoms with Crippen LogP contribution in [0.25, 0.3) is 10.9 Å². The summed E-state index contributed by atoms with van der Waals surface area (Å²) in [7, 11) is 1.79. The molecule has 1 aromatic carbocycles. The number of ether oxygens (including phenoxy) is 1. The van der Waals surface area contributed by atoms with Crippen molar-refractivity contribution < 1.29 is 9.53 Å². The topological polar surface area (TPSA) is 90.5 Å². The summed E-state index contributed by atoms with van der Waals surface area (Å²) in [6, 6.07) is 6.40. The highest BCUT2D eigenvalue weighted by molar-refractivity contribution is 14.0. The van der Waals surface area contributed by atoms with E-state index in [1.165, 1.54) is 5.56 Å². The number of amides is 1. The summed E-state index contributed by atoms with van der Waals surface area (Å²) < 4.78 is 5.35. The van der Waals surface area contributed by atoms with Gasteiger partial charge in [0.2, 0.25) is 0 Å². The van der Waals surface area contributed by atoms with Crippen molar-refractivity contribution in [2.75, 3.05) is 13.6 Å². The normalized spacial score (nSPS) is 19.2. The van der Waals surface area contributed by atoms with Crippen LogP contribution in [-0.4, -0.2) is 48.3 Å². The Morgan fingerprint density at radius 2 is 1.84 bits per heavy atom. The highest BCUT2D eigenvalue weighted by Gasteiger charge is 2.25. The number of alkyl carbamates (subject to hydrolysis) is 1. The molecule has 0 saturated heterocycles. The highest BCUT2D eigenvalue weighted by atomic mass is 127. The number of fused-ring (bicyclic) bond motifs is 1. The molecule has 178 valence electrons. The maximum atomic E-state index is 12.0. The molecule has 0 radical (unpaired) electrons. The Labute approximate surface area is 212 Å². The molecule has 1 saturated carbocycles. The Morgan fingerprint density at radius 1 is 1.19 bits per heavy atom. The van der Waals surface area contributed by atoms with Gasteiger partial charge in [0.15, 0.2) is 5.96 Å². The number of rotatable bonds is 5. The van der Waals surface area contributed by atoms with Crippen molar-refractivity contribution >= 4 is 58.5 Å². The van der Waals surface area contributed by atoms with Gasteiger partial charge in [0.1, 0.15) is 5.60 Å². The molecule has 0 spiro atoms. The fourth-order valence-corrected chi connectivity index (χ4v) is 4.09. The molecule has 0 unspecified atom stereocenters. The number of carbonyl (C=O) groups excluding carboxylic acids is 1. The third kappa shape index (κ3) is 8.03. The predicted molar refractivity (Wildman–Crippen MR) is 142 cm³/mol. The fraction of sp³-hybridized carbons (Fsp3) is 0.565. The molecule has 32 heavy (non-hydrogen) atoms. The van der Waals surface area contributed by atoms with Crippen molar-refractivity contribution in [2.45, 2.75) is 70.6 Å². The molecule has 1 aromatic heterocycles. The van der Waals surface area contributed by atoms with Gasteiger partial charge >= 0.3 is 6.09 Å². The highest BCUT2D eigenvalue weighted by Crippen LogP contribution is 2.23. The number of hydrogen-bond acceptors (Lipinski definition) is 3. The van der Waals surface area contributed by atoms with Crippen molar-refractivity contribution in [3.05, 3.63) is 35.0 Å². The molecule has 0 bridgehead atoms.